The molecule has 24 heavy (non-hydrogen) atoms. The van der Waals surface area contributed by atoms with E-state index in [1.807, 2.05) is 33.8 Å². The first-order valence-electron chi connectivity index (χ1n) is 8.03. The summed E-state index contributed by atoms with van der Waals surface area (Å²) >= 11 is 0. The molecule has 0 aromatic carbocycles. The number of likely N-dealkylation sites (tertiary alicyclic amines) is 1. The van der Waals surface area contributed by atoms with E-state index in [0.717, 1.165) is 5.69 Å². The van der Waals surface area contributed by atoms with Crippen LogP contribution >= 0.6 is 0 Å². The molecule has 1 fully saturated rings. The van der Waals surface area contributed by atoms with Crippen molar-refractivity contribution >= 4 is 17.9 Å². The van der Waals surface area contributed by atoms with E-state index in [-0.39, 0.29) is 0 Å². The van der Waals surface area contributed by atoms with Crippen LogP contribution in [-0.4, -0.2) is 56.1 Å². The van der Waals surface area contributed by atoms with Crippen LogP contribution in [0.15, 0.2) is 6.07 Å². The quantitative estimate of drug-likeness (QED) is 0.875. The monoisotopic (exact) mass is 338 g/mol. The van der Waals surface area contributed by atoms with Gasteiger partial charge in [0.15, 0.2) is 0 Å². The Labute approximate surface area is 141 Å². The zero-order valence-electron chi connectivity index (χ0n) is 14.9. The van der Waals surface area contributed by atoms with Crippen LogP contribution in [0.1, 0.15) is 39.3 Å². The highest BCUT2D eigenvalue weighted by atomic mass is 16.6. The van der Waals surface area contributed by atoms with Crippen molar-refractivity contribution in [3.63, 3.8) is 0 Å². The van der Waals surface area contributed by atoms with Crippen molar-refractivity contribution in [2.45, 2.75) is 51.7 Å². The smallest absolute Gasteiger partial charge is 0.410 e. The predicted molar refractivity (Wildman–Crippen MR) is 89.0 cm³/mol. The topological polar surface area (TPSA) is 96.7 Å². The molecule has 2 heterocycles. The number of aliphatic carboxylic acids is 1. The van der Waals surface area contributed by atoms with Gasteiger partial charge in [0.25, 0.3) is 0 Å². The van der Waals surface area contributed by atoms with E-state index in [9.17, 15) is 14.7 Å². The highest BCUT2D eigenvalue weighted by Gasteiger charge is 2.43. The van der Waals surface area contributed by atoms with Crippen LogP contribution in [0.25, 0.3) is 0 Å². The molecular formula is C16H26N4O4. The summed E-state index contributed by atoms with van der Waals surface area (Å²) < 4.78 is 6.98. The fraction of sp³-hybridized carbons (Fsp3) is 0.688. The lowest BCUT2D eigenvalue weighted by atomic mass is 9.87. The number of piperidine rings is 1. The van der Waals surface area contributed by atoms with Gasteiger partial charge in [0.05, 0.1) is 5.69 Å². The number of nitrogens with zero attached hydrogens (tertiary/aromatic N) is 3. The molecule has 0 spiro atoms. The normalized spacial score (nSPS) is 17.5. The maximum atomic E-state index is 12.1. The number of rotatable bonds is 3. The van der Waals surface area contributed by atoms with E-state index >= 15 is 0 Å². The Hall–Kier alpha value is -2.25. The van der Waals surface area contributed by atoms with Crippen molar-refractivity contribution in [1.29, 1.82) is 0 Å². The maximum Gasteiger partial charge on any atom is 0.410 e. The van der Waals surface area contributed by atoms with Crippen LogP contribution < -0.4 is 5.32 Å². The van der Waals surface area contributed by atoms with Crippen LogP contribution in [0.2, 0.25) is 0 Å². The molecular weight excluding hydrogens is 312 g/mol. The number of amides is 1. The molecule has 0 radical (unpaired) electrons. The highest BCUT2D eigenvalue weighted by Crippen LogP contribution is 2.28. The minimum atomic E-state index is -1.11. The van der Waals surface area contributed by atoms with Gasteiger partial charge in [0.2, 0.25) is 0 Å². The molecule has 1 amide bonds. The summed E-state index contributed by atoms with van der Waals surface area (Å²) in [5, 5.41) is 17.1. The Morgan fingerprint density at radius 3 is 2.33 bits per heavy atom. The van der Waals surface area contributed by atoms with Crippen LogP contribution in [0.4, 0.5) is 10.6 Å². The third-order valence-corrected chi connectivity index (χ3v) is 4.05. The standard InChI is InChI=1S/C16H26N4O4/c1-11-10-12(19(5)18-11)17-16(13(21)22)6-8-20(9-7-16)14(23)24-15(2,3)4/h10,17H,6-9H2,1-5H3,(H,21,22). The number of ether oxygens (including phenoxy) is 1. The number of carboxylic acids is 1. The molecule has 8 heteroatoms. The Bertz CT molecular complexity index is 625. The fourth-order valence-electron chi connectivity index (χ4n) is 2.76. The van der Waals surface area contributed by atoms with E-state index in [0.29, 0.717) is 31.7 Å². The van der Waals surface area contributed by atoms with Gasteiger partial charge in [-0.05, 0) is 40.5 Å². The van der Waals surface area contributed by atoms with Crippen molar-refractivity contribution in [3.8, 4) is 0 Å². The average molecular weight is 338 g/mol. The molecule has 2 N–H and O–H groups in total. The molecule has 1 aliphatic heterocycles. The van der Waals surface area contributed by atoms with Gasteiger partial charge in [0.1, 0.15) is 17.0 Å². The van der Waals surface area contributed by atoms with Gasteiger partial charge in [-0.25, -0.2) is 9.59 Å². The number of aryl methyl sites for hydroxylation is 2. The lowest BCUT2D eigenvalue weighted by molar-refractivity contribution is -0.144. The first-order chi connectivity index (χ1) is 11.0. The zero-order chi connectivity index (χ0) is 18.1. The third kappa shape index (κ3) is 3.98. The summed E-state index contributed by atoms with van der Waals surface area (Å²) in [7, 11) is 1.76. The number of hydrogen-bond acceptors (Lipinski definition) is 5. The Morgan fingerprint density at radius 2 is 1.92 bits per heavy atom. The molecule has 8 nitrogen and oxygen atoms in total. The van der Waals surface area contributed by atoms with Gasteiger partial charge in [-0.3, -0.25) is 4.68 Å². The summed E-state index contributed by atoms with van der Waals surface area (Å²) in [6.07, 6.45) is 0.190. The predicted octanol–water partition coefficient (Wildman–Crippen LogP) is 1.99. The number of carboxylic acid groups (broad SMARTS) is 1. The maximum absolute atomic E-state index is 12.1. The molecule has 1 aromatic heterocycles. The van der Waals surface area contributed by atoms with E-state index < -0.39 is 23.2 Å². The Kier molecular flexibility index (Phi) is 4.77. The van der Waals surface area contributed by atoms with Gasteiger partial charge in [-0.1, -0.05) is 0 Å². The van der Waals surface area contributed by atoms with Crippen LogP contribution in [0.3, 0.4) is 0 Å². The van der Waals surface area contributed by atoms with Gasteiger partial charge < -0.3 is 20.1 Å². The third-order valence-electron chi connectivity index (χ3n) is 4.05. The van der Waals surface area contributed by atoms with E-state index in [1.54, 1.807) is 16.6 Å². The molecule has 1 saturated heterocycles. The molecule has 0 atom stereocenters. The van der Waals surface area contributed by atoms with E-state index in [1.165, 1.54) is 0 Å². The van der Waals surface area contributed by atoms with Crippen molar-refractivity contribution < 1.29 is 19.4 Å². The number of carbonyl (C=O) groups excluding carboxylic acids is 1. The minimum Gasteiger partial charge on any atom is -0.480 e. The first-order valence-corrected chi connectivity index (χ1v) is 8.03. The van der Waals surface area contributed by atoms with E-state index in [2.05, 4.69) is 10.4 Å². The lowest BCUT2D eigenvalue weighted by Crippen LogP contribution is -2.56. The summed E-state index contributed by atoms with van der Waals surface area (Å²) in [5.74, 6) is -0.272. The number of carbonyl (C=O) groups is 2. The second-order valence-corrected chi connectivity index (χ2v) is 7.27. The van der Waals surface area contributed by atoms with Crippen molar-refractivity contribution in [2.24, 2.45) is 7.05 Å². The first kappa shape index (κ1) is 18.1. The molecule has 2 rings (SSSR count). The van der Waals surface area contributed by atoms with Gasteiger partial charge in [-0.2, -0.15) is 5.10 Å². The van der Waals surface area contributed by atoms with Crippen LogP contribution in [0, 0.1) is 6.92 Å². The van der Waals surface area contributed by atoms with Gasteiger partial charge in [-0.15, -0.1) is 0 Å². The Morgan fingerprint density at radius 1 is 1.33 bits per heavy atom. The summed E-state index contributed by atoms with van der Waals surface area (Å²) in [6, 6.07) is 1.81. The molecule has 1 aliphatic rings. The second-order valence-electron chi connectivity index (χ2n) is 7.27. The van der Waals surface area contributed by atoms with Gasteiger partial charge >= 0.3 is 12.1 Å². The Balaban J connectivity index is 2.08. The fourth-order valence-corrected chi connectivity index (χ4v) is 2.76. The van der Waals surface area contributed by atoms with E-state index in [4.69, 9.17) is 4.74 Å². The molecule has 0 bridgehead atoms. The number of anilines is 1. The zero-order valence-corrected chi connectivity index (χ0v) is 14.9. The van der Waals surface area contributed by atoms with Crippen LogP contribution in [0.5, 0.6) is 0 Å². The lowest BCUT2D eigenvalue weighted by Gasteiger charge is -2.40. The molecule has 0 unspecified atom stereocenters. The number of aromatic nitrogens is 2. The largest absolute Gasteiger partial charge is 0.480 e. The molecule has 0 saturated carbocycles. The molecule has 134 valence electrons. The molecule has 1 aromatic rings. The summed E-state index contributed by atoms with van der Waals surface area (Å²) in [4.78, 5) is 25.6. The van der Waals surface area contributed by atoms with Gasteiger partial charge in [0, 0.05) is 26.2 Å². The van der Waals surface area contributed by atoms with Crippen molar-refractivity contribution in [2.75, 3.05) is 18.4 Å². The summed E-state index contributed by atoms with van der Waals surface area (Å²) in [6.45, 7) is 7.92. The van der Waals surface area contributed by atoms with Crippen molar-refractivity contribution in [3.05, 3.63) is 11.8 Å². The SMILES string of the molecule is Cc1cc(NC2(C(=O)O)CCN(C(=O)OC(C)(C)C)CC2)n(C)n1. The average Bonchev–Trinajstić information content (AvgIpc) is 2.75. The number of nitrogens with one attached hydrogen (secondary N) is 1. The van der Waals surface area contributed by atoms with Crippen LogP contribution in [-0.2, 0) is 16.6 Å². The highest BCUT2D eigenvalue weighted by molar-refractivity contribution is 5.83. The molecule has 0 aliphatic carbocycles. The van der Waals surface area contributed by atoms with Crippen molar-refractivity contribution in [1.82, 2.24) is 14.7 Å². The second kappa shape index (κ2) is 6.33. The number of hydrogen-bond donors (Lipinski definition) is 2. The summed E-state index contributed by atoms with van der Waals surface area (Å²) in [5.41, 5.74) is -0.867. The minimum absolute atomic E-state index is 0.297.